The normalized spacial score (nSPS) is 12.9. The standard InChI is InChI=1S/C62H124N3/c1-7-10-13-15-17-19-21-23-25-27-29-31-33-35-37-39-47-61(48-40-38-36-34-32-30-28-26-24-22-20-18-16-14-11-8-2)49-41-42-50-62(52-51-60(6)46-43-45-59(4)5)63-53-44-55-65-57-56-64(58-65)54-12-9-3/h56-63H,7-55H2,1-6H3/q+1. The van der Waals surface area contributed by atoms with Crippen LogP contribution in [0.3, 0.4) is 0 Å². The van der Waals surface area contributed by atoms with Crippen molar-refractivity contribution in [1.29, 1.82) is 0 Å². The third-order valence-corrected chi connectivity index (χ3v) is 15.4. The molecule has 0 aliphatic heterocycles. The summed E-state index contributed by atoms with van der Waals surface area (Å²) >= 11 is 0. The van der Waals surface area contributed by atoms with Gasteiger partial charge in [0, 0.05) is 6.04 Å². The molecular formula is C62H124N3+. The van der Waals surface area contributed by atoms with Crippen molar-refractivity contribution in [3.05, 3.63) is 18.7 Å². The van der Waals surface area contributed by atoms with E-state index >= 15 is 0 Å². The van der Waals surface area contributed by atoms with Gasteiger partial charge >= 0.3 is 0 Å². The molecule has 1 heterocycles. The Morgan fingerprint density at radius 1 is 0.385 bits per heavy atom. The van der Waals surface area contributed by atoms with Gasteiger partial charge in [-0.3, -0.25) is 0 Å². The van der Waals surface area contributed by atoms with E-state index in [-0.39, 0.29) is 0 Å². The van der Waals surface area contributed by atoms with E-state index in [1.807, 2.05) is 0 Å². The Morgan fingerprint density at radius 3 is 1.22 bits per heavy atom. The minimum Gasteiger partial charge on any atom is -0.314 e. The van der Waals surface area contributed by atoms with Gasteiger partial charge in [0.05, 0.1) is 13.1 Å². The van der Waals surface area contributed by atoms with Gasteiger partial charge in [0.2, 0.25) is 6.33 Å². The van der Waals surface area contributed by atoms with Crippen molar-refractivity contribution in [2.24, 2.45) is 17.8 Å². The van der Waals surface area contributed by atoms with Crippen LogP contribution in [-0.2, 0) is 13.1 Å². The molecule has 65 heavy (non-hydrogen) atoms. The highest BCUT2D eigenvalue weighted by molar-refractivity contribution is 4.71. The topological polar surface area (TPSA) is 20.8 Å². The van der Waals surface area contributed by atoms with E-state index in [0.717, 1.165) is 37.4 Å². The monoisotopic (exact) mass is 911 g/mol. The molecular weight excluding hydrogens is 787 g/mol. The molecule has 386 valence electrons. The molecule has 1 rings (SSSR count). The van der Waals surface area contributed by atoms with Gasteiger partial charge in [-0.25, -0.2) is 9.13 Å². The van der Waals surface area contributed by atoms with Crippen LogP contribution in [0.2, 0.25) is 0 Å². The van der Waals surface area contributed by atoms with Crippen LogP contribution in [0.25, 0.3) is 0 Å². The van der Waals surface area contributed by atoms with E-state index in [1.54, 1.807) is 0 Å². The second kappa shape index (κ2) is 49.6. The largest absolute Gasteiger partial charge is 0.314 e. The van der Waals surface area contributed by atoms with Crippen LogP contribution in [0.1, 0.15) is 337 Å². The number of rotatable bonds is 54. The molecule has 3 nitrogen and oxygen atoms in total. The first-order valence-electron chi connectivity index (χ1n) is 30.8. The van der Waals surface area contributed by atoms with Crippen molar-refractivity contribution in [2.75, 3.05) is 6.54 Å². The highest BCUT2D eigenvalue weighted by Gasteiger charge is 2.14. The van der Waals surface area contributed by atoms with Crippen LogP contribution in [0, 0.1) is 17.8 Å². The van der Waals surface area contributed by atoms with Gasteiger partial charge in [-0.2, -0.15) is 0 Å². The fourth-order valence-corrected chi connectivity index (χ4v) is 10.7. The number of nitrogens with zero attached hydrogens (tertiary/aromatic N) is 2. The van der Waals surface area contributed by atoms with E-state index in [4.69, 9.17) is 0 Å². The van der Waals surface area contributed by atoms with E-state index < -0.39 is 0 Å². The quantitative estimate of drug-likeness (QED) is 0.0510. The van der Waals surface area contributed by atoms with Gasteiger partial charge in [0.25, 0.3) is 0 Å². The van der Waals surface area contributed by atoms with E-state index in [2.05, 4.69) is 74.7 Å². The molecule has 0 aliphatic carbocycles. The van der Waals surface area contributed by atoms with Crippen molar-refractivity contribution in [3.8, 4) is 0 Å². The van der Waals surface area contributed by atoms with E-state index in [9.17, 15) is 0 Å². The highest BCUT2D eigenvalue weighted by atomic mass is 15.1. The molecule has 2 unspecified atom stereocenters. The number of nitrogens with one attached hydrogen (secondary N) is 1. The van der Waals surface area contributed by atoms with Gasteiger partial charge < -0.3 is 5.32 Å². The first kappa shape index (κ1) is 62.2. The van der Waals surface area contributed by atoms with Crippen molar-refractivity contribution < 1.29 is 4.57 Å². The summed E-state index contributed by atoms with van der Waals surface area (Å²) in [6.45, 7) is 17.7. The molecule has 3 heteroatoms. The predicted molar refractivity (Wildman–Crippen MR) is 293 cm³/mol. The summed E-state index contributed by atoms with van der Waals surface area (Å²) in [7, 11) is 0. The summed E-state index contributed by atoms with van der Waals surface area (Å²) in [4.78, 5) is 0. The molecule has 2 atom stereocenters. The lowest BCUT2D eigenvalue weighted by Gasteiger charge is -2.22. The number of imidazole rings is 1. The molecule has 0 fully saturated rings. The van der Waals surface area contributed by atoms with Gasteiger partial charge in [-0.1, -0.05) is 305 Å². The van der Waals surface area contributed by atoms with Gasteiger partial charge in [0.15, 0.2) is 0 Å². The zero-order chi connectivity index (χ0) is 46.9. The second-order valence-corrected chi connectivity index (χ2v) is 22.6. The Labute approximate surface area is 411 Å². The molecule has 0 bridgehead atoms. The second-order valence-electron chi connectivity index (χ2n) is 22.6. The Kier molecular flexibility index (Phi) is 47.4. The third kappa shape index (κ3) is 44.1. The van der Waals surface area contributed by atoms with Crippen LogP contribution in [0.5, 0.6) is 0 Å². The molecule has 0 radical (unpaired) electrons. The summed E-state index contributed by atoms with van der Waals surface area (Å²) in [5.74, 6) is 2.68. The molecule has 1 N–H and O–H groups in total. The number of aryl methyl sites for hydroxylation is 2. The Balaban J connectivity index is 2.46. The minimum atomic E-state index is 0.695. The van der Waals surface area contributed by atoms with Gasteiger partial charge in [-0.15, -0.1) is 0 Å². The van der Waals surface area contributed by atoms with Crippen molar-refractivity contribution >= 4 is 0 Å². The maximum atomic E-state index is 4.10. The summed E-state index contributed by atoms with van der Waals surface area (Å²) < 4.78 is 4.77. The lowest BCUT2D eigenvalue weighted by Crippen LogP contribution is -2.36. The Hall–Kier alpha value is -0.830. The third-order valence-electron chi connectivity index (χ3n) is 15.4. The molecule has 0 saturated heterocycles. The van der Waals surface area contributed by atoms with Crippen molar-refractivity contribution in [3.63, 3.8) is 0 Å². The van der Waals surface area contributed by atoms with Gasteiger partial charge in [-0.05, 0) is 56.4 Å². The maximum Gasteiger partial charge on any atom is 0.243 e. The zero-order valence-electron chi connectivity index (χ0n) is 46.1. The zero-order valence-corrected chi connectivity index (χ0v) is 46.1. The predicted octanol–water partition coefficient (Wildman–Crippen LogP) is 20.6. The van der Waals surface area contributed by atoms with Crippen LogP contribution < -0.4 is 9.88 Å². The van der Waals surface area contributed by atoms with Crippen LogP contribution in [0.4, 0.5) is 0 Å². The van der Waals surface area contributed by atoms with Crippen LogP contribution in [-0.4, -0.2) is 17.2 Å². The first-order valence-corrected chi connectivity index (χ1v) is 30.8. The lowest BCUT2D eigenvalue weighted by molar-refractivity contribution is -0.696. The Bertz CT molecular complexity index is 995. The average Bonchev–Trinajstić information content (AvgIpc) is 3.76. The van der Waals surface area contributed by atoms with Crippen molar-refractivity contribution in [1.82, 2.24) is 9.88 Å². The molecule has 1 aromatic heterocycles. The summed E-state index contributed by atoms with van der Waals surface area (Å²) in [6, 6.07) is 0.695. The smallest absolute Gasteiger partial charge is 0.243 e. The van der Waals surface area contributed by atoms with Gasteiger partial charge in [0.1, 0.15) is 12.4 Å². The molecule has 0 aromatic carbocycles. The molecule has 0 saturated carbocycles. The maximum absolute atomic E-state index is 4.10. The Morgan fingerprint density at radius 2 is 0.785 bits per heavy atom. The fourth-order valence-electron chi connectivity index (χ4n) is 10.7. The summed E-state index contributed by atoms with van der Waals surface area (Å²) in [6.07, 6.45) is 73.4. The van der Waals surface area contributed by atoms with Crippen LogP contribution in [0.15, 0.2) is 18.7 Å². The number of hydrogen-bond donors (Lipinski definition) is 1. The molecule has 0 aliphatic rings. The highest BCUT2D eigenvalue weighted by Crippen LogP contribution is 2.26. The number of unbranched alkanes of at least 4 members (excludes halogenated alkanes) is 32. The fraction of sp³-hybridized carbons (Fsp3) is 0.952. The van der Waals surface area contributed by atoms with E-state index in [1.165, 1.54) is 295 Å². The number of hydrogen-bond acceptors (Lipinski definition) is 1. The van der Waals surface area contributed by atoms with E-state index in [0.29, 0.717) is 6.04 Å². The van der Waals surface area contributed by atoms with Crippen LogP contribution >= 0.6 is 0 Å². The number of aromatic nitrogens is 2. The molecule has 0 amide bonds. The molecule has 1 aromatic rings. The average molecular weight is 912 g/mol. The summed E-state index contributed by atoms with van der Waals surface area (Å²) in [5.41, 5.74) is 0. The molecule has 0 spiro atoms. The summed E-state index contributed by atoms with van der Waals surface area (Å²) in [5, 5.41) is 4.10. The first-order chi connectivity index (χ1) is 32.0. The minimum absolute atomic E-state index is 0.695. The lowest BCUT2D eigenvalue weighted by atomic mass is 9.88. The van der Waals surface area contributed by atoms with Crippen molar-refractivity contribution in [2.45, 2.75) is 356 Å². The SMILES string of the molecule is CCCCCCCCCCCCCCCCCCC(CCCCCCCCCCCCCCCCCC)CCCCC(CCC(C)CCCC(C)C)NCCC[n+]1ccn(CCCC)c1.